The highest BCUT2D eigenvalue weighted by molar-refractivity contribution is 5.36. The Morgan fingerprint density at radius 2 is 1.86 bits per heavy atom. The molecule has 0 atom stereocenters. The second kappa shape index (κ2) is 3.06. The number of nitro benzene ring substituents is 1. The van der Waals surface area contributed by atoms with Gasteiger partial charge in [-0.05, 0) is 37.0 Å². The predicted octanol–water partition coefficient (Wildman–Crippen LogP) is 1.97. The van der Waals surface area contributed by atoms with Gasteiger partial charge in [-0.15, -0.1) is 0 Å². The van der Waals surface area contributed by atoms with Crippen molar-refractivity contribution in [1.82, 2.24) is 0 Å². The van der Waals surface area contributed by atoms with Crippen LogP contribution in [0.4, 0.5) is 5.69 Å². The molecule has 4 heteroatoms. The largest absolute Gasteiger partial charge is 0.385 e. The summed E-state index contributed by atoms with van der Waals surface area (Å²) >= 11 is 0. The van der Waals surface area contributed by atoms with Gasteiger partial charge in [-0.3, -0.25) is 10.1 Å². The molecule has 0 saturated heterocycles. The SMILES string of the molecule is O=[N+]([O-])c1ccc(C2(O)CCC2)cc1. The molecule has 1 aromatic carbocycles. The van der Waals surface area contributed by atoms with Crippen molar-refractivity contribution in [2.24, 2.45) is 0 Å². The van der Waals surface area contributed by atoms with Crippen LogP contribution >= 0.6 is 0 Å². The van der Waals surface area contributed by atoms with E-state index in [-0.39, 0.29) is 5.69 Å². The number of nitrogens with zero attached hydrogens (tertiary/aromatic N) is 1. The molecule has 0 spiro atoms. The van der Waals surface area contributed by atoms with Gasteiger partial charge >= 0.3 is 0 Å². The summed E-state index contributed by atoms with van der Waals surface area (Å²) in [6.07, 6.45) is 2.53. The van der Waals surface area contributed by atoms with Crippen molar-refractivity contribution in [2.75, 3.05) is 0 Å². The summed E-state index contributed by atoms with van der Waals surface area (Å²) < 4.78 is 0. The quantitative estimate of drug-likeness (QED) is 0.576. The van der Waals surface area contributed by atoms with Crippen molar-refractivity contribution < 1.29 is 10.0 Å². The first-order valence-electron chi connectivity index (χ1n) is 4.59. The van der Waals surface area contributed by atoms with Crippen molar-refractivity contribution in [2.45, 2.75) is 24.9 Å². The Morgan fingerprint density at radius 3 is 2.21 bits per heavy atom. The van der Waals surface area contributed by atoms with Gasteiger partial charge in [0.15, 0.2) is 0 Å². The molecule has 74 valence electrons. The van der Waals surface area contributed by atoms with Crippen molar-refractivity contribution in [3.05, 3.63) is 39.9 Å². The second-order valence-electron chi connectivity index (χ2n) is 3.69. The smallest absolute Gasteiger partial charge is 0.269 e. The number of rotatable bonds is 2. The standard InChI is InChI=1S/C10H11NO3/c12-10(6-1-7-10)8-2-4-9(5-3-8)11(13)14/h2-5,12H,1,6-7H2. The van der Waals surface area contributed by atoms with Crippen LogP contribution in [0.15, 0.2) is 24.3 Å². The van der Waals surface area contributed by atoms with Gasteiger partial charge in [0.1, 0.15) is 0 Å². The summed E-state index contributed by atoms with van der Waals surface area (Å²) in [5.74, 6) is 0. The van der Waals surface area contributed by atoms with Crippen LogP contribution in [0, 0.1) is 10.1 Å². The lowest BCUT2D eigenvalue weighted by Crippen LogP contribution is -2.33. The molecule has 1 fully saturated rings. The van der Waals surface area contributed by atoms with E-state index in [1.54, 1.807) is 12.1 Å². The van der Waals surface area contributed by atoms with Gasteiger partial charge in [0.25, 0.3) is 5.69 Å². The fraction of sp³-hybridized carbons (Fsp3) is 0.400. The van der Waals surface area contributed by atoms with Crippen LogP contribution < -0.4 is 0 Å². The third-order valence-corrected chi connectivity index (χ3v) is 2.80. The van der Waals surface area contributed by atoms with Crippen LogP contribution in [0.2, 0.25) is 0 Å². The minimum atomic E-state index is -0.727. The van der Waals surface area contributed by atoms with E-state index in [4.69, 9.17) is 0 Å². The summed E-state index contributed by atoms with van der Waals surface area (Å²) in [5, 5.41) is 20.3. The van der Waals surface area contributed by atoms with Crippen LogP contribution in [0.1, 0.15) is 24.8 Å². The third-order valence-electron chi connectivity index (χ3n) is 2.80. The number of benzene rings is 1. The highest BCUT2D eigenvalue weighted by atomic mass is 16.6. The van der Waals surface area contributed by atoms with Crippen LogP contribution in [-0.4, -0.2) is 10.0 Å². The zero-order chi connectivity index (χ0) is 10.2. The molecule has 4 nitrogen and oxygen atoms in total. The normalized spacial score (nSPS) is 18.6. The summed E-state index contributed by atoms with van der Waals surface area (Å²) in [6.45, 7) is 0. The van der Waals surface area contributed by atoms with E-state index in [9.17, 15) is 15.2 Å². The number of nitro groups is 1. The molecule has 0 aromatic heterocycles. The van der Waals surface area contributed by atoms with E-state index in [0.29, 0.717) is 0 Å². The molecule has 1 aliphatic carbocycles. The summed E-state index contributed by atoms with van der Waals surface area (Å²) in [5.41, 5.74) is 0.126. The van der Waals surface area contributed by atoms with E-state index in [1.165, 1.54) is 12.1 Å². The van der Waals surface area contributed by atoms with Crippen molar-refractivity contribution in [3.8, 4) is 0 Å². The average molecular weight is 193 g/mol. The Balaban J connectivity index is 2.25. The molecule has 0 bridgehead atoms. The topological polar surface area (TPSA) is 63.4 Å². The molecule has 1 saturated carbocycles. The zero-order valence-corrected chi connectivity index (χ0v) is 7.64. The van der Waals surface area contributed by atoms with Gasteiger partial charge in [0, 0.05) is 12.1 Å². The number of non-ortho nitro benzene ring substituents is 1. The molecule has 0 unspecified atom stereocenters. The Labute approximate surface area is 81.3 Å². The van der Waals surface area contributed by atoms with Crippen molar-refractivity contribution >= 4 is 5.69 Å². The van der Waals surface area contributed by atoms with Crippen LogP contribution in [0.25, 0.3) is 0 Å². The zero-order valence-electron chi connectivity index (χ0n) is 7.64. The molecule has 0 aliphatic heterocycles. The Kier molecular flexibility index (Phi) is 2.00. The van der Waals surface area contributed by atoms with Gasteiger partial charge in [-0.25, -0.2) is 0 Å². The Hall–Kier alpha value is -1.42. The van der Waals surface area contributed by atoms with Gasteiger partial charge in [0.05, 0.1) is 10.5 Å². The van der Waals surface area contributed by atoms with Crippen molar-refractivity contribution in [3.63, 3.8) is 0 Å². The van der Waals surface area contributed by atoms with Crippen molar-refractivity contribution in [1.29, 1.82) is 0 Å². The van der Waals surface area contributed by atoms with E-state index >= 15 is 0 Å². The number of hydrogen-bond acceptors (Lipinski definition) is 3. The van der Waals surface area contributed by atoms with Gasteiger partial charge in [0.2, 0.25) is 0 Å². The molecule has 0 heterocycles. The minimum absolute atomic E-state index is 0.0664. The van der Waals surface area contributed by atoms with Gasteiger partial charge < -0.3 is 5.11 Å². The average Bonchev–Trinajstić information content (AvgIpc) is 2.14. The molecule has 1 aromatic rings. The highest BCUT2D eigenvalue weighted by Crippen LogP contribution is 2.41. The molecule has 2 rings (SSSR count). The molecular weight excluding hydrogens is 182 g/mol. The monoisotopic (exact) mass is 193 g/mol. The van der Waals surface area contributed by atoms with Gasteiger partial charge in [-0.1, -0.05) is 0 Å². The van der Waals surface area contributed by atoms with E-state index in [2.05, 4.69) is 0 Å². The van der Waals surface area contributed by atoms with Crippen LogP contribution in [0.3, 0.4) is 0 Å². The molecule has 0 radical (unpaired) electrons. The third kappa shape index (κ3) is 1.37. The molecule has 14 heavy (non-hydrogen) atoms. The minimum Gasteiger partial charge on any atom is -0.385 e. The first-order chi connectivity index (χ1) is 6.62. The van der Waals surface area contributed by atoms with Crippen LogP contribution in [0.5, 0.6) is 0 Å². The lowest BCUT2D eigenvalue weighted by atomic mass is 9.75. The fourth-order valence-corrected chi connectivity index (χ4v) is 1.69. The number of hydrogen-bond donors (Lipinski definition) is 1. The van der Waals surface area contributed by atoms with E-state index in [1.807, 2.05) is 0 Å². The second-order valence-corrected chi connectivity index (χ2v) is 3.69. The summed E-state index contributed by atoms with van der Waals surface area (Å²) in [7, 11) is 0. The van der Waals surface area contributed by atoms with E-state index in [0.717, 1.165) is 24.8 Å². The Bertz CT molecular complexity index is 354. The molecule has 1 N–H and O–H groups in total. The summed E-state index contributed by atoms with van der Waals surface area (Å²) in [6, 6.07) is 6.14. The predicted molar refractivity (Wildman–Crippen MR) is 50.8 cm³/mol. The van der Waals surface area contributed by atoms with Gasteiger partial charge in [-0.2, -0.15) is 0 Å². The fourth-order valence-electron chi connectivity index (χ4n) is 1.69. The first kappa shape index (κ1) is 9.15. The Morgan fingerprint density at radius 1 is 1.29 bits per heavy atom. The molecule has 1 aliphatic rings. The lowest BCUT2D eigenvalue weighted by molar-refractivity contribution is -0.384. The maximum Gasteiger partial charge on any atom is 0.269 e. The van der Waals surface area contributed by atoms with E-state index < -0.39 is 10.5 Å². The first-order valence-corrected chi connectivity index (χ1v) is 4.59. The molecule has 0 amide bonds. The summed E-state index contributed by atoms with van der Waals surface area (Å²) in [4.78, 5) is 9.95. The maximum atomic E-state index is 10.4. The maximum absolute atomic E-state index is 10.4. The molecular formula is C10H11NO3. The lowest BCUT2D eigenvalue weighted by Gasteiger charge is -2.36. The van der Waals surface area contributed by atoms with Crippen LogP contribution in [-0.2, 0) is 5.60 Å². The highest BCUT2D eigenvalue weighted by Gasteiger charge is 2.36. The number of aliphatic hydroxyl groups is 1.